The highest BCUT2D eigenvalue weighted by Crippen LogP contribution is 2.26. The fourth-order valence-corrected chi connectivity index (χ4v) is 2.51. The lowest BCUT2D eigenvalue weighted by atomic mass is 10.2. The number of rotatable bonds is 3. The Bertz CT molecular complexity index is 474. The largest absolute Gasteiger partial charge is 0.516 e. The molecule has 1 unspecified atom stereocenters. The first-order chi connectivity index (χ1) is 9.04. The molecule has 5 heteroatoms. The maximum absolute atomic E-state index is 12.1. The lowest BCUT2D eigenvalue weighted by molar-refractivity contribution is -0.841. The minimum absolute atomic E-state index is 0.165. The number of hydrogen-bond acceptors (Lipinski definition) is 3. The van der Waals surface area contributed by atoms with Gasteiger partial charge in [0, 0.05) is 12.8 Å². The van der Waals surface area contributed by atoms with Crippen LogP contribution in [0.5, 0.6) is 0 Å². The number of aliphatic carboxylic acids is 1. The van der Waals surface area contributed by atoms with Crippen molar-refractivity contribution in [1.29, 1.82) is 0 Å². The Morgan fingerprint density at radius 3 is 2.68 bits per heavy atom. The van der Waals surface area contributed by atoms with Gasteiger partial charge in [-0.1, -0.05) is 30.3 Å². The third kappa shape index (κ3) is 2.76. The van der Waals surface area contributed by atoms with Gasteiger partial charge in [0.2, 0.25) is 0 Å². The molecule has 1 N–H and O–H groups in total. The summed E-state index contributed by atoms with van der Waals surface area (Å²) in [7, 11) is 1.64. The molecule has 1 amide bonds. The van der Waals surface area contributed by atoms with Crippen LogP contribution in [0.2, 0.25) is 0 Å². The quantitative estimate of drug-likeness (QED) is 0.848. The number of carboxylic acid groups (broad SMARTS) is 1. The third-order valence-electron chi connectivity index (χ3n) is 3.70. The summed E-state index contributed by atoms with van der Waals surface area (Å²) in [6.07, 6.45) is 0.786. The molecule has 0 aromatic heterocycles. The predicted molar refractivity (Wildman–Crippen MR) is 68.3 cm³/mol. The maximum Gasteiger partial charge on any atom is 0.516 e. The van der Waals surface area contributed by atoms with Gasteiger partial charge < -0.3 is 9.84 Å². The van der Waals surface area contributed by atoms with Crippen molar-refractivity contribution in [2.24, 2.45) is 0 Å². The van der Waals surface area contributed by atoms with Crippen molar-refractivity contribution in [1.82, 2.24) is 0 Å². The number of benzene rings is 1. The Kier molecular flexibility index (Phi) is 3.85. The number of hydrogen-bond donors (Lipinski definition) is 1. The van der Waals surface area contributed by atoms with Crippen LogP contribution in [0.3, 0.4) is 0 Å². The summed E-state index contributed by atoms with van der Waals surface area (Å²) in [5.74, 6) is -0.934. The second-order valence-corrected chi connectivity index (χ2v) is 5.03. The van der Waals surface area contributed by atoms with E-state index in [2.05, 4.69) is 0 Å². The molecular weight excluding hydrogens is 246 g/mol. The second-order valence-electron chi connectivity index (χ2n) is 5.03. The van der Waals surface area contributed by atoms with Crippen LogP contribution in [0.15, 0.2) is 30.3 Å². The van der Waals surface area contributed by atoms with E-state index in [0.29, 0.717) is 13.0 Å². The lowest BCUT2D eigenvalue weighted by Crippen LogP contribution is -2.55. The smallest absolute Gasteiger partial charge is 0.477 e. The van der Waals surface area contributed by atoms with E-state index in [1.54, 1.807) is 7.05 Å². The van der Waals surface area contributed by atoms with Crippen molar-refractivity contribution in [3.8, 4) is 0 Å². The van der Waals surface area contributed by atoms with E-state index in [-0.39, 0.29) is 11.1 Å². The predicted octanol–water partition coefficient (Wildman–Crippen LogP) is 2.02. The monoisotopic (exact) mass is 264 g/mol. The Labute approximate surface area is 112 Å². The number of amides is 1. The molecule has 1 aromatic carbocycles. The fourth-order valence-electron chi connectivity index (χ4n) is 2.51. The molecule has 1 heterocycles. The molecule has 5 nitrogen and oxygen atoms in total. The molecule has 0 spiro atoms. The molecule has 1 aromatic rings. The topological polar surface area (TPSA) is 63.6 Å². The molecule has 0 aliphatic carbocycles. The number of likely N-dealkylation sites (N-methyl/N-ethyl adjacent to an activating group) is 1. The van der Waals surface area contributed by atoms with E-state index in [9.17, 15) is 9.59 Å². The second kappa shape index (κ2) is 5.40. The zero-order valence-electron chi connectivity index (χ0n) is 10.9. The van der Waals surface area contributed by atoms with Crippen LogP contribution in [0.1, 0.15) is 18.4 Å². The summed E-state index contributed by atoms with van der Waals surface area (Å²) in [6.45, 7) is 0.699. The van der Waals surface area contributed by atoms with Crippen LogP contribution in [0.4, 0.5) is 4.79 Å². The van der Waals surface area contributed by atoms with Crippen molar-refractivity contribution in [2.45, 2.75) is 25.5 Å². The van der Waals surface area contributed by atoms with Crippen LogP contribution < -0.4 is 0 Å². The molecule has 1 fully saturated rings. The van der Waals surface area contributed by atoms with Crippen LogP contribution in [0, 0.1) is 0 Å². The van der Waals surface area contributed by atoms with E-state index < -0.39 is 18.1 Å². The minimum atomic E-state index is -0.934. The van der Waals surface area contributed by atoms with Crippen molar-refractivity contribution in [3.63, 3.8) is 0 Å². The van der Waals surface area contributed by atoms with Crippen LogP contribution in [-0.4, -0.2) is 41.3 Å². The number of nitrogens with zero attached hydrogens (tertiary/aromatic N) is 1. The molecule has 1 aliphatic heterocycles. The number of carboxylic acids is 1. The Morgan fingerprint density at radius 1 is 1.37 bits per heavy atom. The molecule has 0 radical (unpaired) electrons. The summed E-state index contributed by atoms with van der Waals surface area (Å²) in [6, 6.07) is 8.67. The van der Waals surface area contributed by atoms with Gasteiger partial charge in [0.25, 0.3) is 0 Å². The van der Waals surface area contributed by atoms with Gasteiger partial charge in [-0.05, 0) is 5.56 Å². The minimum Gasteiger partial charge on any atom is -0.477 e. The SMILES string of the molecule is C[N@@+]1(C(=O)OCc2ccccc2)CCCC1C(=O)O. The first-order valence-electron chi connectivity index (χ1n) is 6.33. The van der Waals surface area contributed by atoms with Crippen molar-refractivity contribution < 1.29 is 23.9 Å². The van der Waals surface area contributed by atoms with Crippen molar-refractivity contribution in [3.05, 3.63) is 35.9 Å². The standard InChI is InChI=1S/C14H17NO4/c1-15(9-5-8-12(15)13(16)17)14(18)19-10-11-6-3-2-4-7-11/h2-4,6-7,12H,5,8-10H2,1H3/p+1/t12?,15-/m1/s1. The van der Waals surface area contributed by atoms with Crippen molar-refractivity contribution in [2.75, 3.05) is 13.6 Å². The first-order valence-corrected chi connectivity index (χ1v) is 6.33. The van der Waals surface area contributed by atoms with E-state index in [1.165, 1.54) is 0 Å². The maximum atomic E-state index is 12.1. The molecule has 102 valence electrons. The molecule has 2 rings (SSSR count). The van der Waals surface area contributed by atoms with Crippen LogP contribution in [-0.2, 0) is 16.1 Å². The third-order valence-corrected chi connectivity index (χ3v) is 3.70. The number of carbonyl (C=O) groups is 2. The zero-order chi connectivity index (χ0) is 13.9. The summed E-state index contributed by atoms with van der Waals surface area (Å²) >= 11 is 0. The van der Waals surface area contributed by atoms with Gasteiger partial charge in [0.15, 0.2) is 6.04 Å². The molecular formula is C14H18NO4+. The molecule has 0 bridgehead atoms. The highest BCUT2D eigenvalue weighted by molar-refractivity contribution is 5.75. The fraction of sp³-hybridized carbons (Fsp3) is 0.429. The van der Waals surface area contributed by atoms with Gasteiger partial charge in [-0.3, -0.25) is 0 Å². The van der Waals surface area contributed by atoms with Crippen molar-refractivity contribution >= 4 is 12.1 Å². The lowest BCUT2D eigenvalue weighted by Gasteiger charge is -2.29. The van der Waals surface area contributed by atoms with Gasteiger partial charge in [-0.2, -0.15) is 4.79 Å². The van der Waals surface area contributed by atoms with Gasteiger partial charge >= 0.3 is 12.1 Å². The highest BCUT2D eigenvalue weighted by atomic mass is 16.6. The van der Waals surface area contributed by atoms with E-state index in [4.69, 9.17) is 9.84 Å². The van der Waals surface area contributed by atoms with E-state index in [1.807, 2.05) is 30.3 Å². The van der Waals surface area contributed by atoms with Gasteiger partial charge in [0.1, 0.15) is 6.61 Å². The van der Waals surface area contributed by atoms with E-state index >= 15 is 0 Å². The molecule has 1 aliphatic rings. The zero-order valence-corrected chi connectivity index (χ0v) is 10.9. The number of likely N-dealkylation sites (tertiary alicyclic amines) is 1. The summed E-state index contributed by atoms with van der Waals surface area (Å²) in [4.78, 5) is 23.3. The number of quaternary nitrogens is 1. The normalized spacial score (nSPS) is 26.1. The molecule has 1 saturated heterocycles. The number of ether oxygens (including phenoxy) is 1. The molecule has 2 atom stereocenters. The Balaban J connectivity index is 2.01. The summed E-state index contributed by atoms with van der Waals surface area (Å²) in [5, 5.41) is 9.16. The Morgan fingerprint density at radius 2 is 2.05 bits per heavy atom. The van der Waals surface area contributed by atoms with Gasteiger partial charge in [0.05, 0.1) is 13.6 Å². The first kappa shape index (κ1) is 13.5. The van der Waals surface area contributed by atoms with Gasteiger partial charge in [-0.15, -0.1) is 0 Å². The van der Waals surface area contributed by atoms with Gasteiger partial charge in [-0.25, -0.2) is 9.28 Å². The molecule has 19 heavy (non-hydrogen) atoms. The van der Waals surface area contributed by atoms with Crippen LogP contribution >= 0.6 is 0 Å². The average Bonchev–Trinajstić information content (AvgIpc) is 2.81. The summed E-state index contributed by atoms with van der Waals surface area (Å²) < 4.78 is 5.10. The highest BCUT2D eigenvalue weighted by Gasteiger charge is 2.50. The Hall–Kier alpha value is -1.88. The average molecular weight is 264 g/mol. The van der Waals surface area contributed by atoms with E-state index in [0.717, 1.165) is 12.0 Å². The van der Waals surface area contributed by atoms with Crippen LogP contribution in [0.25, 0.3) is 0 Å². The molecule has 0 saturated carbocycles. The number of carbonyl (C=O) groups excluding carboxylic acids is 1. The summed E-state index contributed by atoms with van der Waals surface area (Å²) in [5.41, 5.74) is 0.897.